The number of aromatic nitrogens is 2. The van der Waals surface area contributed by atoms with Gasteiger partial charge in [-0.15, -0.1) is 0 Å². The zero-order valence-electron chi connectivity index (χ0n) is 19.0. The molecule has 0 fully saturated rings. The Labute approximate surface area is 194 Å². The van der Waals surface area contributed by atoms with Gasteiger partial charge in [0, 0.05) is 25.1 Å². The van der Waals surface area contributed by atoms with Gasteiger partial charge < -0.3 is 0 Å². The molecular formula is C26H25N3O3S. The van der Waals surface area contributed by atoms with E-state index >= 15 is 0 Å². The van der Waals surface area contributed by atoms with E-state index in [-0.39, 0.29) is 16.6 Å². The standard InChI is InChI=1S/C26H25N3O3S/c1-18-10-14-22(15-11-18)25-27-26(24(29(25)20(3)30)21-8-6-5-7-9-21)28(4)33(31,32)23-16-12-19(2)13-17-23/h5-17H,1-4H3. The van der Waals surface area contributed by atoms with Crippen LogP contribution in [0.2, 0.25) is 0 Å². The second kappa shape index (κ2) is 8.67. The Morgan fingerprint density at radius 2 is 1.36 bits per heavy atom. The number of hydrogen-bond acceptors (Lipinski definition) is 4. The first-order valence-electron chi connectivity index (χ1n) is 10.5. The molecule has 4 rings (SSSR count). The SMILES string of the molecule is CC(=O)n1c(-c2ccc(C)cc2)nc(N(C)S(=O)(=O)c2ccc(C)cc2)c1-c1ccccc1. The Hall–Kier alpha value is -3.71. The van der Waals surface area contributed by atoms with E-state index in [9.17, 15) is 13.2 Å². The smallest absolute Gasteiger partial charge is 0.265 e. The summed E-state index contributed by atoms with van der Waals surface area (Å²) < 4.78 is 29.6. The molecule has 7 heteroatoms. The van der Waals surface area contributed by atoms with Gasteiger partial charge in [0.15, 0.2) is 5.82 Å². The maximum absolute atomic E-state index is 13.5. The van der Waals surface area contributed by atoms with Crippen LogP contribution >= 0.6 is 0 Å². The molecule has 0 spiro atoms. The van der Waals surface area contributed by atoms with Crippen LogP contribution in [0.1, 0.15) is 22.8 Å². The predicted molar refractivity (Wildman–Crippen MR) is 131 cm³/mol. The molecule has 1 aromatic heterocycles. The first-order chi connectivity index (χ1) is 15.7. The van der Waals surface area contributed by atoms with Crippen molar-refractivity contribution in [1.29, 1.82) is 0 Å². The summed E-state index contributed by atoms with van der Waals surface area (Å²) in [5.74, 6) is 0.319. The maximum atomic E-state index is 13.5. The molecule has 0 unspecified atom stereocenters. The minimum atomic E-state index is -3.91. The van der Waals surface area contributed by atoms with Gasteiger partial charge in [-0.05, 0) is 26.0 Å². The molecule has 0 bridgehead atoms. The second-order valence-electron chi connectivity index (χ2n) is 7.98. The molecular weight excluding hydrogens is 434 g/mol. The normalized spacial score (nSPS) is 11.4. The fourth-order valence-electron chi connectivity index (χ4n) is 3.67. The monoisotopic (exact) mass is 459 g/mol. The zero-order valence-corrected chi connectivity index (χ0v) is 19.8. The number of nitrogens with zero attached hydrogens (tertiary/aromatic N) is 3. The summed E-state index contributed by atoms with van der Waals surface area (Å²) in [6.45, 7) is 5.32. The molecule has 0 aliphatic carbocycles. The fourth-order valence-corrected chi connectivity index (χ4v) is 4.82. The Kier molecular flexibility index (Phi) is 5.91. The van der Waals surface area contributed by atoms with E-state index in [0.29, 0.717) is 17.1 Å². The van der Waals surface area contributed by atoms with Crippen molar-refractivity contribution >= 4 is 21.7 Å². The van der Waals surface area contributed by atoms with E-state index in [4.69, 9.17) is 4.98 Å². The van der Waals surface area contributed by atoms with Crippen LogP contribution in [-0.4, -0.2) is 30.9 Å². The number of sulfonamides is 1. The number of hydrogen-bond donors (Lipinski definition) is 0. The molecule has 0 radical (unpaired) electrons. The van der Waals surface area contributed by atoms with Crippen molar-refractivity contribution in [3.8, 4) is 22.6 Å². The largest absolute Gasteiger partial charge is 0.274 e. The molecule has 1 heterocycles. The van der Waals surface area contributed by atoms with Crippen LogP contribution in [0.25, 0.3) is 22.6 Å². The summed E-state index contributed by atoms with van der Waals surface area (Å²) in [5, 5.41) is 0. The summed E-state index contributed by atoms with van der Waals surface area (Å²) in [4.78, 5) is 17.7. The molecule has 0 N–H and O–H groups in total. The molecule has 6 nitrogen and oxygen atoms in total. The van der Waals surface area contributed by atoms with Crippen LogP contribution in [0.15, 0.2) is 83.8 Å². The summed E-state index contributed by atoms with van der Waals surface area (Å²) in [6, 6.07) is 23.5. The summed E-state index contributed by atoms with van der Waals surface area (Å²) in [7, 11) is -2.45. The van der Waals surface area contributed by atoms with Crippen LogP contribution in [0.3, 0.4) is 0 Å². The van der Waals surface area contributed by atoms with Gasteiger partial charge in [-0.25, -0.2) is 13.4 Å². The number of anilines is 1. The van der Waals surface area contributed by atoms with E-state index in [1.807, 2.05) is 68.4 Å². The van der Waals surface area contributed by atoms with E-state index in [2.05, 4.69) is 0 Å². The van der Waals surface area contributed by atoms with E-state index < -0.39 is 10.0 Å². The predicted octanol–water partition coefficient (Wildman–Crippen LogP) is 5.32. The molecule has 0 saturated carbocycles. The van der Waals surface area contributed by atoms with Crippen molar-refractivity contribution in [2.75, 3.05) is 11.4 Å². The van der Waals surface area contributed by atoms with Crippen LogP contribution in [0.5, 0.6) is 0 Å². The van der Waals surface area contributed by atoms with Crippen LogP contribution in [0.4, 0.5) is 5.82 Å². The molecule has 33 heavy (non-hydrogen) atoms. The number of rotatable bonds is 5. The van der Waals surface area contributed by atoms with E-state index in [1.54, 1.807) is 24.3 Å². The van der Waals surface area contributed by atoms with Gasteiger partial charge in [0.05, 0.1) is 4.90 Å². The molecule has 0 saturated heterocycles. The molecule has 0 atom stereocenters. The Bertz CT molecular complexity index is 1410. The van der Waals surface area contributed by atoms with Crippen LogP contribution in [-0.2, 0) is 10.0 Å². The van der Waals surface area contributed by atoms with E-state index in [1.165, 1.54) is 18.5 Å². The first-order valence-corrected chi connectivity index (χ1v) is 12.0. The third-order valence-corrected chi connectivity index (χ3v) is 7.27. The quantitative estimate of drug-likeness (QED) is 0.405. The summed E-state index contributed by atoms with van der Waals surface area (Å²) >= 11 is 0. The van der Waals surface area contributed by atoms with Crippen molar-refractivity contribution in [2.45, 2.75) is 25.7 Å². The molecule has 168 valence electrons. The Balaban J connectivity index is 1.99. The number of imidazole rings is 1. The topological polar surface area (TPSA) is 72.3 Å². The number of carbonyl (C=O) groups excluding carboxylic acids is 1. The molecule has 0 aliphatic rings. The van der Waals surface area contributed by atoms with Crippen molar-refractivity contribution in [3.63, 3.8) is 0 Å². The van der Waals surface area contributed by atoms with Crippen molar-refractivity contribution in [2.24, 2.45) is 0 Å². The third kappa shape index (κ3) is 4.19. The van der Waals surface area contributed by atoms with Gasteiger partial charge in [-0.1, -0.05) is 77.9 Å². The highest BCUT2D eigenvalue weighted by atomic mass is 32.2. The average molecular weight is 460 g/mol. The van der Waals surface area contributed by atoms with Crippen molar-refractivity contribution in [1.82, 2.24) is 9.55 Å². The summed E-state index contributed by atoms with van der Waals surface area (Å²) in [6.07, 6.45) is 0. The Morgan fingerprint density at radius 1 is 0.818 bits per heavy atom. The lowest BCUT2D eigenvalue weighted by atomic mass is 10.1. The Morgan fingerprint density at radius 3 is 1.91 bits per heavy atom. The lowest BCUT2D eigenvalue weighted by Crippen LogP contribution is -2.27. The van der Waals surface area contributed by atoms with Gasteiger partial charge in [-0.2, -0.15) is 0 Å². The fraction of sp³-hybridized carbons (Fsp3) is 0.154. The lowest BCUT2D eigenvalue weighted by molar-refractivity contribution is 0.0940. The lowest BCUT2D eigenvalue weighted by Gasteiger charge is -2.19. The highest BCUT2D eigenvalue weighted by molar-refractivity contribution is 7.92. The molecule has 0 amide bonds. The van der Waals surface area contributed by atoms with Crippen LogP contribution < -0.4 is 4.31 Å². The maximum Gasteiger partial charge on any atom is 0.265 e. The average Bonchev–Trinajstić information content (AvgIpc) is 3.20. The van der Waals surface area contributed by atoms with Crippen LogP contribution in [0, 0.1) is 13.8 Å². The summed E-state index contributed by atoms with van der Waals surface area (Å²) in [5.41, 5.74) is 3.88. The second-order valence-corrected chi connectivity index (χ2v) is 9.95. The number of benzene rings is 3. The number of carbonyl (C=O) groups is 1. The molecule has 3 aromatic carbocycles. The highest BCUT2D eigenvalue weighted by Crippen LogP contribution is 2.37. The zero-order chi connectivity index (χ0) is 23.8. The van der Waals surface area contributed by atoms with Gasteiger partial charge in [0.2, 0.25) is 5.91 Å². The molecule has 4 aromatic rings. The van der Waals surface area contributed by atoms with Gasteiger partial charge in [-0.3, -0.25) is 13.7 Å². The third-order valence-electron chi connectivity index (χ3n) is 5.51. The van der Waals surface area contributed by atoms with Crippen molar-refractivity contribution < 1.29 is 13.2 Å². The minimum Gasteiger partial charge on any atom is -0.274 e. The van der Waals surface area contributed by atoms with Crippen molar-refractivity contribution in [3.05, 3.63) is 90.0 Å². The van der Waals surface area contributed by atoms with Gasteiger partial charge in [0.1, 0.15) is 11.5 Å². The molecule has 0 aliphatic heterocycles. The highest BCUT2D eigenvalue weighted by Gasteiger charge is 2.30. The first kappa shape index (κ1) is 22.5. The minimum absolute atomic E-state index is 0.156. The number of aryl methyl sites for hydroxylation is 2. The van der Waals surface area contributed by atoms with Gasteiger partial charge >= 0.3 is 0 Å². The van der Waals surface area contributed by atoms with E-state index in [0.717, 1.165) is 21.0 Å². The van der Waals surface area contributed by atoms with Gasteiger partial charge in [0.25, 0.3) is 10.0 Å².